The van der Waals surface area contributed by atoms with Crippen LogP contribution in [-0.4, -0.2) is 24.2 Å². The van der Waals surface area contributed by atoms with E-state index < -0.39 is 0 Å². The van der Waals surface area contributed by atoms with E-state index in [1.807, 2.05) is 19.2 Å². The Labute approximate surface area is 151 Å². The zero-order chi connectivity index (χ0) is 18.2. The summed E-state index contributed by atoms with van der Waals surface area (Å²) in [6.45, 7) is 6.11. The average molecular weight is 355 g/mol. The minimum Gasteiger partial charge on any atom is -0.375 e. The summed E-state index contributed by atoms with van der Waals surface area (Å²) in [7, 11) is 2.04. The number of carbonyl (C=O) groups excluding carboxylic acids is 1. The molecule has 1 aromatic carbocycles. The van der Waals surface area contributed by atoms with Gasteiger partial charge in [0, 0.05) is 30.1 Å². The van der Waals surface area contributed by atoms with E-state index in [-0.39, 0.29) is 11.3 Å². The van der Waals surface area contributed by atoms with Crippen LogP contribution >= 0.6 is 11.3 Å². The van der Waals surface area contributed by atoms with E-state index >= 15 is 0 Å². The zero-order valence-electron chi connectivity index (χ0n) is 14.7. The third-order valence-electron chi connectivity index (χ3n) is 4.43. The monoisotopic (exact) mass is 355 g/mol. The molecule has 1 amide bonds. The van der Waals surface area contributed by atoms with Gasteiger partial charge in [-0.1, -0.05) is 43.4 Å². The molecule has 0 spiro atoms. The van der Waals surface area contributed by atoms with Gasteiger partial charge in [-0.05, 0) is 24.6 Å². The highest BCUT2D eigenvalue weighted by Gasteiger charge is 2.37. The molecule has 3 N–H and O–H groups in total. The number of hydrogen-bond acceptors (Lipinski definition) is 6. The number of para-hydroxylation sites is 1. The van der Waals surface area contributed by atoms with Crippen molar-refractivity contribution in [1.29, 1.82) is 0 Å². The number of nitrogens with one attached hydrogen (secondary N) is 1. The van der Waals surface area contributed by atoms with Crippen LogP contribution in [0.1, 0.15) is 34.8 Å². The van der Waals surface area contributed by atoms with E-state index in [0.29, 0.717) is 15.7 Å². The van der Waals surface area contributed by atoms with Crippen molar-refractivity contribution in [2.24, 2.45) is 5.10 Å². The standard InChI is InChI=1S/C18H21N5OS/c1-11-15(25-17(19)21-11)16(24)22-20-10-9-14-18(2,3)12-7-5-6-8-13(12)23(14)4/h5-10H,1-4H3,(H2,19,21)(H,22,24)/b14-9+,20-10+. The van der Waals surface area contributed by atoms with Gasteiger partial charge < -0.3 is 10.6 Å². The maximum atomic E-state index is 12.1. The molecule has 130 valence electrons. The number of thiazole rings is 1. The number of allylic oxidation sites excluding steroid dienone is 2. The van der Waals surface area contributed by atoms with Gasteiger partial charge in [0.1, 0.15) is 4.88 Å². The summed E-state index contributed by atoms with van der Waals surface area (Å²) in [6, 6.07) is 8.33. The second-order valence-electron chi connectivity index (χ2n) is 6.44. The fraction of sp³-hybridized carbons (Fsp3) is 0.278. The number of amides is 1. The van der Waals surface area contributed by atoms with E-state index in [0.717, 1.165) is 17.0 Å². The molecule has 1 aliphatic rings. The van der Waals surface area contributed by atoms with E-state index in [2.05, 4.69) is 52.5 Å². The van der Waals surface area contributed by atoms with Crippen LogP contribution in [0.25, 0.3) is 0 Å². The van der Waals surface area contributed by atoms with Crippen LogP contribution in [-0.2, 0) is 5.41 Å². The molecule has 0 unspecified atom stereocenters. The van der Waals surface area contributed by atoms with Crippen molar-refractivity contribution in [2.45, 2.75) is 26.2 Å². The molecule has 1 aromatic heterocycles. The number of nitrogen functional groups attached to an aromatic ring is 1. The Morgan fingerprint density at radius 1 is 1.40 bits per heavy atom. The Morgan fingerprint density at radius 3 is 2.76 bits per heavy atom. The van der Waals surface area contributed by atoms with Gasteiger partial charge in [-0.25, -0.2) is 10.4 Å². The van der Waals surface area contributed by atoms with E-state index in [1.165, 1.54) is 11.3 Å². The van der Waals surface area contributed by atoms with Gasteiger partial charge in [-0.3, -0.25) is 4.79 Å². The molecule has 0 aliphatic carbocycles. The number of nitrogens with zero attached hydrogens (tertiary/aromatic N) is 3. The molecule has 0 saturated carbocycles. The lowest BCUT2D eigenvalue weighted by Crippen LogP contribution is -2.23. The van der Waals surface area contributed by atoms with Gasteiger partial charge in [0.2, 0.25) is 0 Å². The molecule has 25 heavy (non-hydrogen) atoms. The molecule has 6 nitrogen and oxygen atoms in total. The van der Waals surface area contributed by atoms with Crippen molar-refractivity contribution in [3.8, 4) is 0 Å². The summed E-state index contributed by atoms with van der Waals surface area (Å²) in [4.78, 5) is 18.8. The van der Waals surface area contributed by atoms with E-state index in [9.17, 15) is 4.79 Å². The van der Waals surface area contributed by atoms with Crippen LogP contribution < -0.4 is 16.1 Å². The lowest BCUT2D eigenvalue weighted by molar-refractivity contribution is 0.0958. The number of benzene rings is 1. The first-order chi connectivity index (χ1) is 11.8. The van der Waals surface area contributed by atoms with Gasteiger partial charge in [-0.15, -0.1) is 0 Å². The Morgan fingerprint density at radius 2 is 2.12 bits per heavy atom. The molecule has 2 heterocycles. The lowest BCUT2D eigenvalue weighted by atomic mass is 9.84. The maximum absolute atomic E-state index is 12.1. The number of anilines is 2. The molecule has 3 rings (SSSR count). The number of hydrazone groups is 1. The van der Waals surface area contributed by atoms with Crippen LogP contribution in [0.3, 0.4) is 0 Å². The number of likely N-dealkylation sites (N-methyl/N-ethyl adjacent to an activating group) is 1. The first kappa shape index (κ1) is 17.2. The maximum Gasteiger partial charge on any atom is 0.283 e. The fourth-order valence-corrected chi connectivity index (χ4v) is 3.91. The van der Waals surface area contributed by atoms with Gasteiger partial charge >= 0.3 is 0 Å². The van der Waals surface area contributed by atoms with Crippen LogP contribution in [0, 0.1) is 6.92 Å². The highest BCUT2D eigenvalue weighted by molar-refractivity contribution is 7.17. The normalized spacial score (nSPS) is 17.3. The SMILES string of the molecule is Cc1nc(N)sc1C(=O)N/N=C/C=C1/N(C)c2ccccc2C1(C)C. The van der Waals surface area contributed by atoms with Crippen molar-refractivity contribution in [1.82, 2.24) is 10.4 Å². The molecule has 7 heteroatoms. The van der Waals surface area contributed by atoms with Crippen molar-refractivity contribution >= 4 is 34.3 Å². The molecule has 0 saturated heterocycles. The molecule has 0 atom stereocenters. The number of rotatable bonds is 3. The third kappa shape index (κ3) is 3.02. The summed E-state index contributed by atoms with van der Waals surface area (Å²) in [5, 5.41) is 4.41. The predicted molar refractivity (Wildman–Crippen MR) is 103 cm³/mol. The molecule has 2 aromatic rings. The first-order valence-corrected chi connectivity index (χ1v) is 8.74. The Kier molecular flexibility index (Phi) is 4.34. The van der Waals surface area contributed by atoms with Gasteiger partial charge in [0.15, 0.2) is 5.13 Å². The Balaban J connectivity index is 1.75. The summed E-state index contributed by atoms with van der Waals surface area (Å²) in [5.74, 6) is -0.302. The van der Waals surface area contributed by atoms with E-state index in [1.54, 1.807) is 13.1 Å². The number of nitrogens with two attached hydrogens (primary N) is 1. The van der Waals surface area contributed by atoms with Crippen LogP contribution in [0.2, 0.25) is 0 Å². The van der Waals surface area contributed by atoms with Crippen molar-refractivity contribution in [2.75, 3.05) is 17.7 Å². The molecule has 0 bridgehead atoms. The smallest absolute Gasteiger partial charge is 0.283 e. The van der Waals surface area contributed by atoms with Gasteiger partial charge in [0.05, 0.1) is 5.69 Å². The van der Waals surface area contributed by atoms with Gasteiger partial charge in [-0.2, -0.15) is 5.10 Å². The lowest BCUT2D eigenvalue weighted by Gasteiger charge is -2.23. The van der Waals surface area contributed by atoms with Crippen molar-refractivity contribution < 1.29 is 4.79 Å². The summed E-state index contributed by atoms with van der Waals surface area (Å²) in [6.07, 6.45) is 3.53. The average Bonchev–Trinajstić information content (AvgIpc) is 3.00. The number of aromatic nitrogens is 1. The number of fused-ring (bicyclic) bond motifs is 1. The van der Waals surface area contributed by atoms with Gasteiger partial charge in [0.25, 0.3) is 5.91 Å². The quantitative estimate of drug-likeness (QED) is 0.655. The zero-order valence-corrected chi connectivity index (χ0v) is 15.5. The van der Waals surface area contributed by atoms with E-state index in [4.69, 9.17) is 5.73 Å². The number of hydrogen-bond donors (Lipinski definition) is 2. The van der Waals surface area contributed by atoms with Crippen LogP contribution in [0.15, 0.2) is 41.1 Å². The number of carbonyl (C=O) groups is 1. The van der Waals surface area contributed by atoms with Crippen LogP contribution in [0.5, 0.6) is 0 Å². The third-order valence-corrected chi connectivity index (χ3v) is 5.42. The largest absolute Gasteiger partial charge is 0.375 e. The molecular weight excluding hydrogens is 334 g/mol. The summed E-state index contributed by atoms with van der Waals surface area (Å²) < 4.78 is 0. The Bertz CT molecular complexity index is 881. The molecule has 1 aliphatic heterocycles. The first-order valence-electron chi connectivity index (χ1n) is 7.92. The second-order valence-corrected chi connectivity index (χ2v) is 7.47. The summed E-state index contributed by atoms with van der Waals surface area (Å²) in [5.41, 5.74) is 12.2. The second kappa shape index (κ2) is 6.33. The van der Waals surface area contributed by atoms with Crippen molar-refractivity contribution in [3.63, 3.8) is 0 Å². The highest BCUT2D eigenvalue weighted by Crippen LogP contribution is 2.46. The molecule has 0 radical (unpaired) electrons. The highest BCUT2D eigenvalue weighted by atomic mass is 32.1. The topological polar surface area (TPSA) is 83.6 Å². The van der Waals surface area contributed by atoms with Crippen molar-refractivity contribution in [3.05, 3.63) is 52.2 Å². The fourth-order valence-electron chi connectivity index (χ4n) is 3.18. The number of aryl methyl sites for hydroxylation is 1. The predicted octanol–water partition coefficient (Wildman–Crippen LogP) is 3.06. The molecular formula is C18H21N5OS. The summed E-state index contributed by atoms with van der Waals surface area (Å²) >= 11 is 1.15. The minimum atomic E-state index is -0.302. The molecule has 0 fully saturated rings. The van der Waals surface area contributed by atoms with Crippen LogP contribution in [0.4, 0.5) is 10.8 Å². The Hall–Kier alpha value is -2.67. The minimum absolute atomic E-state index is 0.121.